The third-order valence-electron chi connectivity index (χ3n) is 2.76. The minimum absolute atomic E-state index is 0.138. The highest BCUT2D eigenvalue weighted by atomic mass is 35.5. The summed E-state index contributed by atoms with van der Waals surface area (Å²) in [5, 5.41) is 3.24. The Hall–Kier alpha value is -2.13. The summed E-state index contributed by atoms with van der Waals surface area (Å²) in [5.41, 5.74) is 3.10. The minimum atomic E-state index is -0.138. The van der Waals surface area contributed by atoms with Gasteiger partial charge in [0.15, 0.2) is 0 Å². The average Bonchev–Trinajstić information content (AvgIpc) is 2.46. The number of halogens is 1. The molecule has 0 saturated carbocycles. The molecule has 0 bridgehead atoms. The number of amides is 1. The highest BCUT2D eigenvalue weighted by Gasteiger charge is 1.97. The van der Waals surface area contributed by atoms with E-state index in [1.807, 2.05) is 37.3 Å². The van der Waals surface area contributed by atoms with Crippen molar-refractivity contribution in [2.75, 3.05) is 0 Å². The van der Waals surface area contributed by atoms with E-state index >= 15 is 0 Å². The largest absolute Gasteiger partial charge is 0.348 e. The summed E-state index contributed by atoms with van der Waals surface area (Å²) in [6.07, 6.45) is 4.95. The van der Waals surface area contributed by atoms with Crippen molar-refractivity contribution in [3.05, 3.63) is 70.5 Å². The molecule has 0 aliphatic carbocycles. The Bertz CT molecular complexity index is 603. The molecule has 1 heterocycles. The van der Waals surface area contributed by atoms with Crippen LogP contribution < -0.4 is 5.32 Å². The van der Waals surface area contributed by atoms with Crippen LogP contribution in [-0.4, -0.2) is 10.9 Å². The van der Waals surface area contributed by atoms with Crippen molar-refractivity contribution < 1.29 is 4.79 Å². The van der Waals surface area contributed by atoms with Gasteiger partial charge in [-0.1, -0.05) is 47.5 Å². The van der Waals surface area contributed by atoms with Gasteiger partial charge >= 0.3 is 0 Å². The number of carbonyl (C=O) groups is 1. The monoisotopic (exact) mass is 286 g/mol. The van der Waals surface area contributed by atoms with E-state index < -0.39 is 0 Å². The van der Waals surface area contributed by atoms with Gasteiger partial charge in [-0.05, 0) is 30.2 Å². The smallest absolute Gasteiger partial charge is 0.244 e. The molecular weight excluding hydrogens is 272 g/mol. The van der Waals surface area contributed by atoms with Gasteiger partial charge in [0, 0.05) is 18.8 Å². The second kappa shape index (κ2) is 6.87. The summed E-state index contributed by atoms with van der Waals surface area (Å²) in [7, 11) is 0. The number of aromatic nitrogens is 1. The lowest BCUT2D eigenvalue weighted by atomic mass is 10.1. The Morgan fingerprint density at radius 3 is 2.65 bits per heavy atom. The SMILES string of the molecule is Cc1ccc(C=CC(=O)NCc2ccc(Cl)nc2)cc1. The van der Waals surface area contributed by atoms with Gasteiger partial charge in [-0.3, -0.25) is 4.79 Å². The number of hydrogen-bond donors (Lipinski definition) is 1. The fourth-order valence-electron chi connectivity index (χ4n) is 1.61. The van der Waals surface area contributed by atoms with Crippen LogP contribution in [0, 0.1) is 6.92 Å². The Morgan fingerprint density at radius 1 is 1.25 bits per heavy atom. The number of carbonyl (C=O) groups excluding carboxylic acids is 1. The summed E-state index contributed by atoms with van der Waals surface area (Å²) in [6, 6.07) is 11.5. The molecule has 3 nitrogen and oxygen atoms in total. The Labute approximate surface area is 123 Å². The van der Waals surface area contributed by atoms with Crippen LogP contribution in [0.5, 0.6) is 0 Å². The van der Waals surface area contributed by atoms with E-state index in [1.54, 1.807) is 18.3 Å². The molecule has 2 aromatic rings. The number of benzene rings is 1. The molecule has 0 radical (unpaired) electrons. The van der Waals surface area contributed by atoms with Gasteiger partial charge in [-0.25, -0.2) is 4.98 Å². The van der Waals surface area contributed by atoms with Crippen LogP contribution >= 0.6 is 11.6 Å². The van der Waals surface area contributed by atoms with Gasteiger partial charge in [-0.2, -0.15) is 0 Å². The molecule has 0 saturated heterocycles. The lowest BCUT2D eigenvalue weighted by Crippen LogP contribution is -2.20. The maximum Gasteiger partial charge on any atom is 0.244 e. The molecule has 1 amide bonds. The first-order valence-corrected chi connectivity index (χ1v) is 6.64. The number of rotatable bonds is 4. The van der Waals surface area contributed by atoms with E-state index in [0.717, 1.165) is 11.1 Å². The highest BCUT2D eigenvalue weighted by molar-refractivity contribution is 6.29. The van der Waals surface area contributed by atoms with Gasteiger partial charge in [0.1, 0.15) is 5.15 Å². The third-order valence-corrected chi connectivity index (χ3v) is 2.98. The molecule has 102 valence electrons. The molecule has 1 aromatic carbocycles. The predicted molar refractivity (Wildman–Crippen MR) is 81.3 cm³/mol. The van der Waals surface area contributed by atoms with E-state index in [9.17, 15) is 4.79 Å². The first-order chi connectivity index (χ1) is 9.63. The van der Waals surface area contributed by atoms with Crippen molar-refractivity contribution in [2.24, 2.45) is 0 Å². The summed E-state index contributed by atoms with van der Waals surface area (Å²) in [5.74, 6) is -0.138. The average molecular weight is 287 g/mol. The van der Waals surface area contributed by atoms with Crippen molar-refractivity contribution in [3.63, 3.8) is 0 Å². The highest BCUT2D eigenvalue weighted by Crippen LogP contribution is 2.06. The fraction of sp³-hybridized carbons (Fsp3) is 0.125. The van der Waals surface area contributed by atoms with Crippen LogP contribution in [0.3, 0.4) is 0 Å². The standard InChI is InChI=1S/C16H15ClN2O/c1-12-2-4-13(5-3-12)7-9-16(20)19-11-14-6-8-15(17)18-10-14/h2-10H,11H2,1H3,(H,19,20). The quantitative estimate of drug-likeness (QED) is 0.691. The van der Waals surface area contributed by atoms with E-state index in [0.29, 0.717) is 11.7 Å². The number of pyridine rings is 1. The zero-order chi connectivity index (χ0) is 14.4. The van der Waals surface area contributed by atoms with E-state index in [1.165, 1.54) is 11.6 Å². The van der Waals surface area contributed by atoms with Gasteiger partial charge in [0.05, 0.1) is 0 Å². The molecule has 0 unspecified atom stereocenters. The Kier molecular flexibility index (Phi) is 4.91. The summed E-state index contributed by atoms with van der Waals surface area (Å²) in [4.78, 5) is 15.6. The maximum atomic E-state index is 11.7. The zero-order valence-electron chi connectivity index (χ0n) is 11.1. The van der Waals surface area contributed by atoms with Crippen molar-refractivity contribution in [3.8, 4) is 0 Å². The molecule has 1 aromatic heterocycles. The van der Waals surface area contributed by atoms with Crippen LogP contribution in [0.25, 0.3) is 6.08 Å². The lowest BCUT2D eigenvalue weighted by molar-refractivity contribution is -0.116. The second-order valence-electron chi connectivity index (χ2n) is 4.45. The van der Waals surface area contributed by atoms with Gasteiger partial charge in [0.25, 0.3) is 0 Å². The first kappa shape index (κ1) is 14.3. The summed E-state index contributed by atoms with van der Waals surface area (Å²) >= 11 is 5.69. The number of nitrogens with zero attached hydrogens (tertiary/aromatic N) is 1. The zero-order valence-corrected chi connectivity index (χ0v) is 11.9. The molecule has 0 spiro atoms. The number of nitrogens with one attached hydrogen (secondary N) is 1. The van der Waals surface area contributed by atoms with Crippen LogP contribution in [0.4, 0.5) is 0 Å². The summed E-state index contributed by atoms with van der Waals surface area (Å²) in [6.45, 7) is 2.46. The number of hydrogen-bond acceptors (Lipinski definition) is 2. The Morgan fingerprint density at radius 2 is 2.00 bits per heavy atom. The van der Waals surface area contributed by atoms with E-state index in [2.05, 4.69) is 10.3 Å². The molecule has 2 rings (SSSR count). The number of aryl methyl sites for hydroxylation is 1. The van der Waals surface area contributed by atoms with Crippen LogP contribution in [-0.2, 0) is 11.3 Å². The molecule has 0 aliphatic heterocycles. The van der Waals surface area contributed by atoms with Gasteiger partial charge in [0.2, 0.25) is 5.91 Å². The first-order valence-electron chi connectivity index (χ1n) is 6.26. The molecule has 4 heteroatoms. The third kappa shape index (κ3) is 4.52. The summed E-state index contributed by atoms with van der Waals surface area (Å²) < 4.78 is 0. The van der Waals surface area contributed by atoms with E-state index in [4.69, 9.17) is 11.6 Å². The topological polar surface area (TPSA) is 42.0 Å². The van der Waals surface area contributed by atoms with Crippen molar-refractivity contribution in [2.45, 2.75) is 13.5 Å². The van der Waals surface area contributed by atoms with Gasteiger partial charge in [-0.15, -0.1) is 0 Å². The molecule has 0 aliphatic rings. The molecule has 0 atom stereocenters. The normalized spacial score (nSPS) is 10.7. The van der Waals surface area contributed by atoms with E-state index in [-0.39, 0.29) is 5.91 Å². The predicted octanol–water partition coefficient (Wildman–Crippen LogP) is 3.37. The second-order valence-corrected chi connectivity index (χ2v) is 4.84. The molecule has 0 fully saturated rings. The maximum absolute atomic E-state index is 11.7. The van der Waals surface area contributed by atoms with Crippen LogP contribution in [0.15, 0.2) is 48.7 Å². The van der Waals surface area contributed by atoms with Crippen molar-refractivity contribution in [1.82, 2.24) is 10.3 Å². The Balaban J connectivity index is 1.86. The fourth-order valence-corrected chi connectivity index (χ4v) is 1.72. The van der Waals surface area contributed by atoms with Crippen LogP contribution in [0.1, 0.15) is 16.7 Å². The van der Waals surface area contributed by atoms with Crippen molar-refractivity contribution >= 4 is 23.6 Å². The van der Waals surface area contributed by atoms with Crippen molar-refractivity contribution in [1.29, 1.82) is 0 Å². The molecule has 20 heavy (non-hydrogen) atoms. The van der Waals surface area contributed by atoms with Crippen LogP contribution in [0.2, 0.25) is 5.15 Å². The minimum Gasteiger partial charge on any atom is -0.348 e. The molecular formula is C16H15ClN2O. The molecule has 1 N–H and O–H groups in total. The van der Waals surface area contributed by atoms with Gasteiger partial charge < -0.3 is 5.32 Å². The lowest BCUT2D eigenvalue weighted by Gasteiger charge is -2.02.